The fourth-order valence-corrected chi connectivity index (χ4v) is 4.95. The highest BCUT2D eigenvalue weighted by Gasteiger charge is 2.37. The fourth-order valence-electron chi connectivity index (χ4n) is 3.71. The van der Waals surface area contributed by atoms with Crippen LogP contribution in [-0.2, 0) is 23.6 Å². The molecule has 1 aliphatic rings. The lowest BCUT2D eigenvalue weighted by atomic mass is 9.87. The summed E-state index contributed by atoms with van der Waals surface area (Å²) in [5.41, 5.74) is -2.06. The van der Waals surface area contributed by atoms with E-state index in [9.17, 15) is 35.5 Å². The van der Waals surface area contributed by atoms with E-state index in [1.807, 2.05) is 0 Å². The van der Waals surface area contributed by atoms with Crippen molar-refractivity contribution >= 4 is 29.5 Å². The molecule has 1 aliphatic carbocycles. The van der Waals surface area contributed by atoms with Gasteiger partial charge in [-0.2, -0.15) is 26.3 Å². The van der Waals surface area contributed by atoms with E-state index in [2.05, 4.69) is 0 Å². The van der Waals surface area contributed by atoms with Crippen molar-refractivity contribution in [3.8, 4) is 5.75 Å². The zero-order valence-electron chi connectivity index (χ0n) is 17.4. The third-order valence-electron chi connectivity index (χ3n) is 5.17. The lowest BCUT2D eigenvalue weighted by Crippen LogP contribution is -2.24. The second-order valence-corrected chi connectivity index (χ2v) is 9.18. The van der Waals surface area contributed by atoms with Gasteiger partial charge in [-0.1, -0.05) is 11.6 Å². The van der Waals surface area contributed by atoms with Crippen molar-refractivity contribution in [3.05, 3.63) is 57.4 Å². The van der Waals surface area contributed by atoms with Gasteiger partial charge < -0.3 is 9.84 Å². The number of aliphatic carboxylic acids is 1. The van der Waals surface area contributed by atoms with Crippen molar-refractivity contribution < 1.29 is 45.4 Å². The molecule has 0 aliphatic heterocycles. The van der Waals surface area contributed by atoms with Gasteiger partial charge in [-0.25, -0.2) is 13.5 Å². The molecule has 34 heavy (non-hydrogen) atoms. The normalized spacial score (nSPS) is 16.5. The van der Waals surface area contributed by atoms with E-state index in [1.165, 1.54) is 17.4 Å². The Hall–Kier alpha value is -2.18. The fraction of sp³-hybridized carbons (Fsp3) is 0.381. The third-order valence-corrected chi connectivity index (χ3v) is 6.43. The van der Waals surface area contributed by atoms with Crippen LogP contribution in [0.4, 0.5) is 30.7 Å². The molecule has 2 aromatic carbocycles. The Balaban J connectivity index is 1.97. The number of ether oxygens (including phenoxy) is 1. The van der Waals surface area contributed by atoms with Gasteiger partial charge in [0.2, 0.25) is 0 Å². The molecule has 1 unspecified atom stereocenters. The Bertz CT molecular complexity index is 1060. The highest BCUT2D eigenvalue weighted by molar-refractivity contribution is 7.97. The van der Waals surface area contributed by atoms with E-state index in [1.54, 1.807) is 0 Å². The summed E-state index contributed by atoms with van der Waals surface area (Å²) in [6, 6.07) is 2.05. The molecule has 0 amide bonds. The first-order valence-electron chi connectivity index (χ1n) is 9.74. The second-order valence-electron chi connectivity index (χ2n) is 7.54. The molecule has 0 aromatic heterocycles. The Morgan fingerprint density at radius 2 is 1.74 bits per heavy atom. The molecule has 0 spiro atoms. The Morgan fingerprint density at radius 1 is 1.15 bits per heavy atom. The van der Waals surface area contributed by atoms with Gasteiger partial charge in [-0.05, 0) is 68.1 Å². The molecule has 0 saturated carbocycles. The number of carboxylic acid groups (broad SMARTS) is 1. The average molecular weight is 532 g/mol. The average Bonchev–Trinajstić information content (AvgIpc) is 2.72. The first-order valence-corrected chi connectivity index (χ1v) is 10.9. The van der Waals surface area contributed by atoms with E-state index in [-0.39, 0.29) is 21.7 Å². The molecule has 0 saturated heterocycles. The number of hydrogen-bond donors (Lipinski definition) is 1. The van der Waals surface area contributed by atoms with Crippen LogP contribution in [0.3, 0.4) is 0 Å². The number of carboxylic acids is 1. The van der Waals surface area contributed by atoms with Crippen LogP contribution in [0.2, 0.25) is 5.02 Å². The largest absolute Gasteiger partial charge is 0.479 e. The van der Waals surface area contributed by atoms with Crippen molar-refractivity contribution in [1.82, 2.24) is 4.31 Å². The summed E-state index contributed by atoms with van der Waals surface area (Å²) in [4.78, 5) is 10.6. The number of nitrogens with zero attached hydrogens (tertiary/aromatic N) is 1. The van der Waals surface area contributed by atoms with Gasteiger partial charge in [-0.3, -0.25) is 0 Å². The molecular formula is C21H17ClF7NO3S. The van der Waals surface area contributed by atoms with Crippen LogP contribution in [0, 0.1) is 5.82 Å². The van der Waals surface area contributed by atoms with Crippen LogP contribution in [0.1, 0.15) is 41.1 Å². The van der Waals surface area contributed by atoms with Gasteiger partial charge in [0.15, 0.2) is 18.2 Å². The van der Waals surface area contributed by atoms with Crippen LogP contribution in [-0.4, -0.2) is 29.0 Å². The van der Waals surface area contributed by atoms with E-state index < -0.39 is 47.9 Å². The highest BCUT2D eigenvalue weighted by atomic mass is 35.5. The van der Waals surface area contributed by atoms with Crippen LogP contribution >= 0.6 is 23.5 Å². The molecule has 13 heteroatoms. The molecule has 3 rings (SSSR count). The zero-order valence-corrected chi connectivity index (χ0v) is 18.9. The molecule has 0 heterocycles. The number of rotatable bonds is 6. The van der Waals surface area contributed by atoms with E-state index >= 15 is 0 Å². The van der Waals surface area contributed by atoms with Crippen LogP contribution in [0.25, 0.3) is 0 Å². The van der Waals surface area contributed by atoms with Gasteiger partial charge in [-0.15, -0.1) is 0 Å². The number of benzene rings is 2. The van der Waals surface area contributed by atoms with Crippen molar-refractivity contribution in [1.29, 1.82) is 0 Å². The number of carbonyl (C=O) groups is 1. The Labute approximate surface area is 198 Å². The van der Waals surface area contributed by atoms with Gasteiger partial charge in [0.25, 0.3) is 0 Å². The lowest BCUT2D eigenvalue weighted by Gasteiger charge is -2.33. The maximum absolute atomic E-state index is 14.5. The molecule has 1 N–H and O–H groups in total. The molecule has 2 aromatic rings. The van der Waals surface area contributed by atoms with Gasteiger partial charge >= 0.3 is 18.3 Å². The van der Waals surface area contributed by atoms with Crippen LogP contribution in [0.5, 0.6) is 5.75 Å². The predicted molar refractivity (Wildman–Crippen MR) is 110 cm³/mol. The number of fused-ring (bicyclic) bond motifs is 1. The highest BCUT2D eigenvalue weighted by Crippen LogP contribution is 2.46. The van der Waals surface area contributed by atoms with Gasteiger partial charge in [0.1, 0.15) is 0 Å². The summed E-state index contributed by atoms with van der Waals surface area (Å²) in [6.45, 7) is -0.816. The zero-order chi connectivity index (χ0) is 25.4. The van der Waals surface area contributed by atoms with E-state index in [0.717, 1.165) is 0 Å². The molecule has 1 atom stereocenters. The van der Waals surface area contributed by atoms with Crippen molar-refractivity contribution in [2.75, 3.05) is 13.7 Å². The Morgan fingerprint density at radius 3 is 2.26 bits per heavy atom. The number of halogens is 8. The molecule has 0 fully saturated rings. The van der Waals surface area contributed by atoms with Crippen molar-refractivity contribution in [3.63, 3.8) is 0 Å². The maximum Gasteiger partial charge on any atom is 0.416 e. The van der Waals surface area contributed by atoms with Crippen molar-refractivity contribution in [2.45, 2.75) is 42.6 Å². The van der Waals surface area contributed by atoms with E-state index in [0.29, 0.717) is 54.5 Å². The quantitative estimate of drug-likeness (QED) is 0.321. The Kier molecular flexibility index (Phi) is 7.63. The topological polar surface area (TPSA) is 49.8 Å². The van der Waals surface area contributed by atoms with Gasteiger partial charge in [0, 0.05) is 16.5 Å². The predicted octanol–water partition coefficient (Wildman–Crippen LogP) is 7.00. The monoisotopic (exact) mass is 531 g/mol. The van der Waals surface area contributed by atoms with Crippen molar-refractivity contribution in [2.24, 2.45) is 0 Å². The van der Waals surface area contributed by atoms with Crippen LogP contribution < -0.4 is 4.74 Å². The second kappa shape index (κ2) is 9.82. The molecule has 0 bridgehead atoms. The summed E-state index contributed by atoms with van der Waals surface area (Å²) in [5, 5.41) is 8.51. The molecular weight excluding hydrogens is 515 g/mol. The SMILES string of the molecule is CN(Sc1cc(C(F)(F)F)cc(C(F)(F)F)c1)C1CCCc2c1cc(Cl)c(F)c2OCC(=O)O. The standard InChI is InChI=1S/C21H17ClF7NO3S/c1-30(34-12-6-10(20(24,25)26)5-11(7-12)21(27,28)29)16-4-2-3-13-14(16)8-15(22)18(23)19(13)33-9-17(31)32/h5-8,16H,2-4,9H2,1H3,(H,31,32). The first kappa shape index (κ1) is 26.4. The van der Waals surface area contributed by atoms with E-state index in [4.69, 9.17) is 21.4 Å². The summed E-state index contributed by atoms with van der Waals surface area (Å²) in [6.07, 6.45) is -8.69. The third kappa shape index (κ3) is 5.89. The van der Waals surface area contributed by atoms with Crippen LogP contribution in [0.15, 0.2) is 29.2 Å². The minimum atomic E-state index is -4.98. The molecule has 0 radical (unpaired) electrons. The molecule has 4 nitrogen and oxygen atoms in total. The molecule has 186 valence electrons. The summed E-state index contributed by atoms with van der Waals surface area (Å²) < 4.78 is 100. The number of alkyl halides is 6. The smallest absolute Gasteiger partial charge is 0.416 e. The first-order chi connectivity index (χ1) is 15.7. The lowest BCUT2D eigenvalue weighted by molar-refractivity contribution is -0.143. The number of hydrogen-bond acceptors (Lipinski definition) is 4. The summed E-state index contributed by atoms with van der Waals surface area (Å²) in [5.74, 6) is -2.60. The minimum absolute atomic E-state index is 0.0502. The minimum Gasteiger partial charge on any atom is -0.479 e. The maximum atomic E-state index is 14.5. The summed E-state index contributed by atoms with van der Waals surface area (Å²) >= 11 is 6.63. The summed E-state index contributed by atoms with van der Waals surface area (Å²) in [7, 11) is 1.48. The van der Waals surface area contributed by atoms with Gasteiger partial charge in [0.05, 0.1) is 16.1 Å².